The number of hydrogen-bond donors (Lipinski definition) is 0. The summed E-state index contributed by atoms with van der Waals surface area (Å²) in [4.78, 5) is 14.5. The molecular formula is C14H14ClNO2. The van der Waals surface area contributed by atoms with Gasteiger partial charge in [-0.05, 0) is 50.3 Å². The normalized spacial score (nSPS) is 20.1. The number of benzene rings is 1. The van der Waals surface area contributed by atoms with E-state index in [1.807, 2.05) is 19.1 Å². The van der Waals surface area contributed by atoms with Crippen molar-refractivity contribution in [2.45, 2.75) is 44.2 Å². The highest BCUT2D eigenvalue weighted by molar-refractivity contribution is 6.32. The molecule has 0 radical (unpaired) electrons. The molecule has 1 aromatic carbocycles. The zero-order chi connectivity index (χ0) is 12.8. The highest BCUT2D eigenvalue weighted by atomic mass is 35.5. The van der Waals surface area contributed by atoms with Crippen molar-refractivity contribution in [3.8, 4) is 5.75 Å². The number of aryl methyl sites for hydroxylation is 1. The van der Waals surface area contributed by atoms with Crippen molar-refractivity contribution in [2.75, 3.05) is 0 Å². The molecule has 1 aromatic rings. The van der Waals surface area contributed by atoms with Gasteiger partial charge in [-0.1, -0.05) is 11.6 Å². The molecular weight excluding hydrogens is 250 g/mol. The van der Waals surface area contributed by atoms with Crippen LogP contribution >= 0.6 is 11.6 Å². The van der Waals surface area contributed by atoms with Crippen molar-refractivity contribution >= 4 is 17.7 Å². The van der Waals surface area contributed by atoms with Crippen LogP contribution in [0, 0.1) is 6.92 Å². The third-order valence-corrected chi connectivity index (χ3v) is 3.76. The van der Waals surface area contributed by atoms with Crippen molar-refractivity contribution in [2.24, 2.45) is 4.99 Å². The third kappa shape index (κ3) is 2.05. The van der Waals surface area contributed by atoms with Gasteiger partial charge in [0.2, 0.25) is 6.08 Å². The number of aliphatic imine (C=N–C) groups is 1. The van der Waals surface area contributed by atoms with E-state index in [0.717, 1.165) is 36.8 Å². The molecule has 2 saturated carbocycles. The van der Waals surface area contributed by atoms with Gasteiger partial charge >= 0.3 is 0 Å². The molecule has 0 spiro atoms. The fraction of sp³-hybridized carbons (Fsp3) is 0.500. The van der Waals surface area contributed by atoms with Gasteiger partial charge < -0.3 is 4.74 Å². The molecule has 18 heavy (non-hydrogen) atoms. The first kappa shape index (κ1) is 11.8. The Labute approximate surface area is 111 Å². The maximum Gasteiger partial charge on any atom is 0.235 e. The lowest BCUT2D eigenvalue weighted by Gasteiger charge is -2.17. The van der Waals surface area contributed by atoms with Crippen LogP contribution in [0.1, 0.15) is 36.8 Å². The van der Waals surface area contributed by atoms with Gasteiger partial charge in [-0.3, -0.25) is 0 Å². The minimum Gasteiger partial charge on any atom is -0.488 e. The van der Waals surface area contributed by atoms with Gasteiger partial charge in [0.15, 0.2) is 0 Å². The van der Waals surface area contributed by atoms with Crippen LogP contribution < -0.4 is 4.74 Å². The number of nitrogens with zero attached hydrogens (tertiary/aromatic N) is 1. The molecule has 0 N–H and O–H groups in total. The van der Waals surface area contributed by atoms with Crippen molar-refractivity contribution in [1.82, 2.24) is 0 Å². The highest BCUT2D eigenvalue weighted by Gasteiger charge is 2.48. The van der Waals surface area contributed by atoms with E-state index in [0.29, 0.717) is 10.8 Å². The number of halogens is 1. The molecule has 2 aliphatic rings. The Kier molecular flexibility index (Phi) is 2.69. The minimum atomic E-state index is -0.429. The lowest BCUT2D eigenvalue weighted by Crippen LogP contribution is -2.09. The van der Waals surface area contributed by atoms with Crippen molar-refractivity contribution < 1.29 is 9.53 Å². The summed E-state index contributed by atoms with van der Waals surface area (Å²) in [5.41, 5.74) is 1.58. The van der Waals surface area contributed by atoms with Crippen LogP contribution in [0.5, 0.6) is 5.75 Å². The number of carbonyl (C=O) groups excluding carboxylic acids is 1. The number of hydrogen-bond acceptors (Lipinski definition) is 3. The van der Waals surface area contributed by atoms with Gasteiger partial charge in [0, 0.05) is 5.56 Å². The Morgan fingerprint density at radius 3 is 2.72 bits per heavy atom. The Hall–Kier alpha value is -1.31. The summed E-state index contributed by atoms with van der Waals surface area (Å²) < 4.78 is 5.89. The molecule has 0 unspecified atom stereocenters. The van der Waals surface area contributed by atoms with Crippen LogP contribution in [0.4, 0.5) is 0 Å². The summed E-state index contributed by atoms with van der Waals surface area (Å²) in [7, 11) is 0. The van der Waals surface area contributed by atoms with Gasteiger partial charge in [-0.2, -0.15) is 4.99 Å². The molecule has 0 heterocycles. The molecule has 0 aliphatic heterocycles. The number of rotatable bonds is 4. The molecule has 94 valence electrons. The second kappa shape index (κ2) is 4.11. The third-order valence-electron chi connectivity index (χ3n) is 3.48. The van der Waals surface area contributed by atoms with Crippen LogP contribution in [0.3, 0.4) is 0 Å². The summed E-state index contributed by atoms with van der Waals surface area (Å²) in [6, 6.07) is 3.92. The van der Waals surface area contributed by atoms with E-state index in [4.69, 9.17) is 16.3 Å². The Morgan fingerprint density at radius 2 is 2.17 bits per heavy atom. The van der Waals surface area contributed by atoms with E-state index in [1.54, 1.807) is 6.08 Å². The van der Waals surface area contributed by atoms with Crippen LogP contribution in [-0.2, 0) is 10.3 Å². The van der Waals surface area contributed by atoms with E-state index in [2.05, 4.69) is 4.99 Å². The first-order valence-electron chi connectivity index (χ1n) is 6.21. The molecule has 3 rings (SSSR count). The lowest BCUT2D eigenvalue weighted by molar-refractivity contribution is 0.297. The van der Waals surface area contributed by atoms with Crippen LogP contribution in [-0.4, -0.2) is 12.2 Å². The molecule has 2 aliphatic carbocycles. The van der Waals surface area contributed by atoms with Gasteiger partial charge in [-0.15, -0.1) is 0 Å². The fourth-order valence-corrected chi connectivity index (χ4v) is 2.51. The first-order valence-corrected chi connectivity index (χ1v) is 6.59. The lowest BCUT2D eigenvalue weighted by atomic mass is 10.0. The van der Waals surface area contributed by atoms with Crippen LogP contribution in [0.25, 0.3) is 0 Å². The number of ether oxygens (including phenoxy) is 1. The fourth-order valence-electron chi connectivity index (χ4n) is 2.19. The van der Waals surface area contributed by atoms with Crippen LogP contribution in [0.15, 0.2) is 17.1 Å². The summed E-state index contributed by atoms with van der Waals surface area (Å²) in [6.45, 7) is 1.98. The smallest absolute Gasteiger partial charge is 0.235 e. The van der Waals surface area contributed by atoms with Gasteiger partial charge in [0.25, 0.3) is 0 Å². The molecule has 0 aromatic heterocycles. The van der Waals surface area contributed by atoms with E-state index in [1.165, 1.54) is 0 Å². The zero-order valence-corrected chi connectivity index (χ0v) is 11.0. The largest absolute Gasteiger partial charge is 0.488 e. The van der Waals surface area contributed by atoms with Gasteiger partial charge in [0.1, 0.15) is 11.3 Å². The molecule has 2 fully saturated rings. The second-order valence-corrected chi connectivity index (χ2v) is 5.58. The molecule has 0 amide bonds. The van der Waals surface area contributed by atoms with Crippen molar-refractivity contribution in [1.29, 1.82) is 0 Å². The summed E-state index contributed by atoms with van der Waals surface area (Å²) in [5.74, 6) is 0.710. The highest BCUT2D eigenvalue weighted by Crippen LogP contribution is 2.54. The monoisotopic (exact) mass is 263 g/mol. The van der Waals surface area contributed by atoms with Gasteiger partial charge in [-0.25, -0.2) is 4.79 Å². The molecule has 3 nitrogen and oxygen atoms in total. The summed E-state index contributed by atoms with van der Waals surface area (Å²) >= 11 is 6.28. The second-order valence-electron chi connectivity index (χ2n) is 5.18. The van der Waals surface area contributed by atoms with Crippen molar-refractivity contribution in [3.63, 3.8) is 0 Å². The molecule has 0 atom stereocenters. The maximum atomic E-state index is 10.6. The quantitative estimate of drug-likeness (QED) is 0.616. The average molecular weight is 264 g/mol. The molecule has 0 saturated heterocycles. The Balaban J connectivity index is 2.07. The minimum absolute atomic E-state index is 0.278. The summed E-state index contributed by atoms with van der Waals surface area (Å²) in [6.07, 6.45) is 5.84. The summed E-state index contributed by atoms with van der Waals surface area (Å²) in [5, 5.41) is 0.615. The standard InChI is InChI=1S/C14H14ClNO2/c1-9-6-11(14(4-5-14)16-8-17)13(12(15)7-9)18-10-2-3-10/h6-7,10H,2-5H2,1H3. The van der Waals surface area contributed by atoms with Gasteiger partial charge in [0.05, 0.1) is 11.1 Å². The van der Waals surface area contributed by atoms with Crippen LogP contribution in [0.2, 0.25) is 5.02 Å². The maximum absolute atomic E-state index is 10.6. The Morgan fingerprint density at radius 1 is 1.44 bits per heavy atom. The SMILES string of the molecule is Cc1cc(Cl)c(OC2CC2)c(C2(N=C=O)CC2)c1. The zero-order valence-electron chi connectivity index (χ0n) is 10.2. The predicted octanol–water partition coefficient (Wildman–Crippen LogP) is 3.51. The average Bonchev–Trinajstić information content (AvgIpc) is 3.18. The predicted molar refractivity (Wildman–Crippen MR) is 68.9 cm³/mol. The van der Waals surface area contributed by atoms with E-state index < -0.39 is 5.54 Å². The first-order chi connectivity index (χ1) is 8.64. The van der Waals surface area contributed by atoms with E-state index >= 15 is 0 Å². The van der Waals surface area contributed by atoms with Crippen molar-refractivity contribution in [3.05, 3.63) is 28.3 Å². The Bertz CT molecular complexity index is 541. The molecule has 0 bridgehead atoms. The van der Waals surface area contributed by atoms with E-state index in [-0.39, 0.29) is 6.10 Å². The topological polar surface area (TPSA) is 38.7 Å². The molecule has 4 heteroatoms. The number of isocyanates is 1. The van der Waals surface area contributed by atoms with E-state index in [9.17, 15) is 4.79 Å².